The molecule has 1 amide bonds. The van der Waals surface area contributed by atoms with Crippen LogP contribution in [0.1, 0.15) is 42.4 Å². The molecule has 6 heterocycles. The molecule has 0 radical (unpaired) electrons. The smallest absolute Gasteiger partial charge is 0.299 e. The molecule has 6 rings (SSSR count). The largest absolute Gasteiger partial charge is 0.444 e. The number of fused-ring (bicyclic) bond motifs is 1. The number of carbonyl (C=O) groups is 1. The van der Waals surface area contributed by atoms with Crippen molar-refractivity contribution in [1.29, 1.82) is 0 Å². The Balaban J connectivity index is 1.30. The van der Waals surface area contributed by atoms with E-state index in [2.05, 4.69) is 32.1 Å². The van der Waals surface area contributed by atoms with Gasteiger partial charge < -0.3 is 29.1 Å². The summed E-state index contributed by atoms with van der Waals surface area (Å²) in [5.41, 5.74) is 3.12. The number of aliphatic hydroxyl groups is 1. The fourth-order valence-electron chi connectivity index (χ4n) is 4.82. The van der Waals surface area contributed by atoms with E-state index in [0.29, 0.717) is 60.1 Å². The molecule has 0 saturated carbocycles. The zero-order valence-corrected chi connectivity index (χ0v) is 20.8. The molecule has 0 aromatic carbocycles. The molecule has 0 bridgehead atoms. The van der Waals surface area contributed by atoms with Crippen molar-refractivity contribution in [1.82, 2.24) is 19.9 Å². The Morgan fingerprint density at radius 2 is 1.92 bits per heavy atom. The van der Waals surface area contributed by atoms with Gasteiger partial charge in [-0.1, -0.05) is 6.92 Å². The van der Waals surface area contributed by atoms with E-state index in [1.807, 2.05) is 17.9 Å². The SMILES string of the molecule is Cc1cc(-c2nc(C(=O)Nc3cc4oc(N5CCC(C)CC5)nc4nc3N3CCC(O)C3)co2)ccn1. The van der Waals surface area contributed by atoms with E-state index in [0.717, 1.165) is 37.2 Å². The fraction of sp³-hybridized carbons (Fsp3) is 0.423. The van der Waals surface area contributed by atoms with Crippen LogP contribution >= 0.6 is 0 Å². The maximum Gasteiger partial charge on any atom is 0.299 e. The molecule has 2 aliphatic heterocycles. The second kappa shape index (κ2) is 9.47. The first kappa shape index (κ1) is 23.4. The number of hydrogen-bond donors (Lipinski definition) is 2. The lowest BCUT2D eigenvalue weighted by molar-refractivity contribution is 0.102. The number of aryl methyl sites for hydroxylation is 1. The lowest BCUT2D eigenvalue weighted by atomic mass is 10.00. The van der Waals surface area contributed by atoms with Crippen LogP contribution in [0.25, 0.3) is 22.7 Å². The Kier molecular flexibility index (Phi) is 5.99. The van der Waals surface area contributed by atoms with Gasteiger partial charge >= 0.3 is 0 Å². The summed E-state index contributed by atoms with van der Waals surface area (Å²) < 4.78 is 11.6. The highest BCUT2D eigenvalue weighted by atomic mass is 16.4. The van der Waals surface area contributed by atoms with Crippen LogP contribution in [0.2, 0.25) is 0 Å². The van der Waals surface area contributed by atoms with E-state index in [1.54, 1.807) is 18.3 Å². The Hall–Kier alpha value is -3.99. The number of rotatable bonds is 5. The van der Waals surface area contributed by atoms with E-state index in [1.165, 1.54) is 6.26 Å². The molecule has 2 N–H and O–H groups in total. The Labute approximate surface area is 213 Å². The summed E-state index contributed by atoms with van der Waals surface area (Å²) in [5.74, 6) is 1.13. The van der Waals surface area contributed by atoms with Crippen molar-refractivity contribution >= 4 is 34.7 Å². The topological polar surface area (TPSA) is 134 Å². The van der Waals surface area contributed by atoms with Crippen molar-refractivity contribution < 1.29 is 18.7 Å². The molecule has 11 nitrogen and oxygen atoms in total. The lowest BCUT2D eigenvalue weighted by Crippen LogP contribution is -2.32. The van der Waals surface area contributed by atoms with Crippen LogP contribution in [0.15, 0.2) is 39.5 Å². The Morgan fingerprint density at radius 3 is 2.68 bits per heavy atom. The van der Waals surface area contributed by atoms with E-state index in [9.17, 15) is 9.90 Å². The second-order valence-electron chi connectivity index (χ2n) is 9.91. The van der Waals surface area contributed by atoms with E-state index in [4.69, 9.17) is 13.8 Å². The molecule has 1 atom stereocenters. The minimum atomic E-state index is -0.453. The van der Waals surface area contributed by atoms with Gasteiger partial charge in [0.05, 0.1) is 11.8 Å². The number of nitrogens with one attached hydrogen (secondary N) is 1. The van der Waals surface area contributed by atoms with Crippen LogP contribution in [0.4, 0.5) is 17.5 Å². The highest BCUT2D eigenvalue weighted by molar-refractivity contribution is 6.05. The number of aliphatic hydroxyl groups excluding tert-OH is 1. The van der Waals surface area contributed by atoms with E-state index >= 15 is 0 Å². The number of piperidine rings is 1. The molecule has 2 aliphatic rings. The van der Waals surface area contributed by atoms with Crippen molar-refractivity contribution in [3.63, 3.8) is 0 Å². The van der Waals surface area contributed by atoms with Crippen LogP contribution < -0.4 is 15.1 Å². The molecule has 2 fully saturated rings. The normalized spacial score (nSPS) is 18.6. The van der Waals surface area contributed by atoms with Gasteiger partial charge in [-0.2, -0.15) is 4.98 Å². The maximum atomic E-state index is 13.2. The predicted molar refractivity (Wildman–Crippen MR) is 138 cm³/mol. The predicted octanol–water partition coefficient (Wildman–Crippen LogP) is 3.64. The van der Waals surface area contributed by atoms with Gasteiger partial charge in [0.2, 0.25) is 11.5 Å². The summed E-state index contributed by atoms with van der Waals surface area (Å²) in [4.78, 5) is 35.2. The molecule has 4 aromatic heterocycles. The number of β-amino-alcohol motifs (C(OH)–C–C–N with tert-alkyl or cyclic N) is 1. The van der Waals surface area contributed by atoms with Crippen LogP contribution in [-0.4, -0.2) is 63.2 Å². The number of hydrogen-bond acceptors (Lipinski definition) is 10. The monoisotopic (exact) mass is 503 g/mol. The number of anilines is 3. The first-order chi connectivity index (χ1) is 17.9. The molecule has 192 valence electrons. The highest BCUT2D eigenvalue weighted by Crippen LogP contribution is 2.33. The van der Waals surface area contributed by atoms with Crippen molar-refractivity contribution in [2.45, 2.75) is 39.2 Å². The molecular weight excluding hydrogens is 474 g/mol. The molecule has 2 saturated heterocycles. The first-order valence-electron chi connectivity index (χ1n) is 12.6. The zero-order chi connectivity index (χ0) is 25.5. The molecule has 4 aromatic rings. The third-order valence-electron chi connectivity index (χ3n) is 7.00. The average Bonchev–Trinajstić information content (AvgIpc) is 3.63. The molecule has 0 aliphatic carbocycles. The van der Waals surface area contributed by atoms with Crippen molar-refractivity contribution in [2.75, 3.05) is 41.3 Å². The quantitative estimate of drug-likeness (QED) is 0.416. The zero-order valence-electron chi connectivity index (χ0n) is 20.8. The molecule has 1 unspecified atom stereocenters. The van der Waals surface area contributed by atoms with Gasteiger partial charge in [0, 0.05) is 49.7 Å². The number of nitrogens with zero attached hydrogens (tertiary/aromatic N) is 6. The fourth-order valence-corrected chi connectivity index (χ4v) is 4.82. The summed E-state index contributed by atoms with van der Waals surface area (Å²) in [5, 5.41) is 13.0. The molecular formula is C26H29N7O4. The van der Waals surface area contributed by atoms with Crippen molar-refractivity contribution in [3.8, 4) is 11.5 Å². The minimum absolute atomic E-state index is 0.137. The standard InChI is InChI=1S/C26H29N7O4/c1-15-4-8-32(9-5-15)26-31-22-21(37-26)12-19(23(30-22)33-10-6-18(34)13-33)28-24(35)20-14-36-25(29-20)17-3-7-27-16(2)11-17/h3,7,11-12,14-15,18,34H,4-6,8-10,13H2,1-2H3,(H,28,35). The van der Waals surface area contributed by atoms with Gasteiger partial charge in [0.15, 0.2) is 17.1 Å². The van der Waals surface area contributed by atoms with E-state index in [-0.39, 0.29) is 5.69 Å². The van der Waals surface area contributed by atoms with E-state index < -0.39 is 12.0 Å². The summed E-state index contributed by atoms with van der Waals surface area (Å²) >= 11 is 0. The van der Waals surface area contributed by atoms with Gasteiger partial charge in [-0.3, -0.25) is 9.78 Å². The number of pyridine rings is 2. The average molecular weight is 504 g/mol. The molecule has 0 spiro atoms. The van der Waals surface area contributed by atoms with Gasteiger partial charge in [0.1, 0.15) is 6.26 Å². The summed E-state index contributed by atoms with van der Waals surface area (Å²) in [7, 11) is 0. The van der Waals surface area contributed by atoms with Crippen LogP contribution in [0.3, 0.4) is 0 Å². The maximum absolute atomic E-state index is 13.2. The summed E-state index contributed by atoms with van der Waals surface area (Å²) in [6, 6.07) is 5.90. The van der Waals surface area contributed by atoms with Crippen molar-refractivity contribution in [3.05, 3.63) is 42.0 Å². The van der Waals surface area contributed by atoms with Gasteiger partial charge in [-0.25, -0.2) is 9.97 Å². The second-order valence-corrected chi connectivity index (χ2v) is 9.91. The minimum Gasteiger partial charge on any atom is -0.444 e. The lowest BCUT2D eigenvalue weighted by Gasteiger charge is -2.28. The molecule has 37 heavy (non-hydrogen) atoms. The summed E-state index contributed by atoms with van der Waals surface area (Å²) in [6.07, 6.45) is 5.34. The Bertz CT molecular complexity index is 1440. The van der Waals surface area contributed by atoms with Gasteiger partial charge in [0.25, 0.3) is 11.9 Å². The third-order valence-corrected chi connectivity index (χ3v) is 7.00. The van der Waals surface area contributed by atoms with Crippen LogP contribution in [0, 0.1) is 12.8 Å². The van der Waals surface area contributed by atoms with Crippen LogP contribution in [-0.2, 0) is 0 Å². The third kappa shape index (κ3) is 4.74. The summed E-state index contributed by atoms with van der Waals surface area (Å²) in [6.45, 7) is 6.94. The van der Waals surface area contributed by atoms with Crippen LogP contribution in [0.5, 0.6) is 0 Å². The number of oxazole rings is 2. The number of aromatic nitrogens is 4. The highest BCUT2D eigenvalue weighted by Gasteiger charge is 2.28. The van der Waals surface area contributed by atoms with Crippen molar-refractivity contribution in [2.24, 2.45) is 5.92 Å². The first-order valence-corrected chi connectivity index (χ1v) is 12.6. The molecule has 11 heteroatoms. The number of carbonyl (C=O) groups excluding carboxylic acids is 1. The number of amides is 1. The Morgan fingerprint density at radius 1 is 1.11 bits per heavy atom. The van der Waals surface area contributed by atoms with Gasteiger partial charge in [-0.05, 0) is 44.2 Å². The van der Waals surface area contributed by atoms with Gasteiger partial charge in [-0.15, -0.1) is 0 Å².